The van der Waals surface area contributed by atoms with E-state index in [0.717, 1.165) is 27.2 Å². The lowest BCUT2D eigenvalue weighted by molar-refractivity contribution is -0.151. The molecule has 3 atom stereocenters. The zero-order valence-corrected chi connectivity index (χ0v) is 29.4. The molecular formula is C36H45N5O12. The van der Waals surface area contributed by atoms with Crippen LogP contribution in [0.15, 0.2) is 48.5 Å². The molecule has 1 unspecified atom stereocenters. The number of carbonyl (C=O) groups excluding carboxylic acids is 2. The van der Waals surface area contributed by atoms with Crippen LogP contribution < -0.4 is 0 Å². The zero-order valence-electron chi connectivity index (χ0n) is 29.4. The molecule has 1 aliphatic carbocycles. The highest BCUT2D eigenvalue weighted by Crippen LogP contribution is 2.44. The number of hydrogen-bond donors (Lipinski definition) is 4. The fourth-order valence-electron chi connectivity index (χ4n) is 7.60. The van der Waals surface area contributed by atoms with Gasteiger partial charge in [-0.15, -0.1) is 0 Å². The van der Waals surface area contributed by atoms with Gasteiger partial charge < -0.3 is 29.9 Å². The molecule has 0 bridgehead atoms. The van der Waals surface area contributed by atoms with Crippen molar-refractivity contribution in [2.75, 3.05) is 85.1 Å². The summed E-state index contributed by atoms with van der Waals surface area (Å²) in [6.45, 7) is 0.647. The number of nitrogens with zero attached hydrogens (tertiary/aromatic N) is 5. The number of esters is 1. The summed E-state index contributed by atoms with van der Waals surface area (Å²) in [6, 6.07) is 12.9. The Kier molecular flexibility index (Phi) is 13.0. The van der Waals surface area contributed by atoms with Gasteiger partial charge in [0, 0.05) is 65.2 Å². The Labute approximate surface area is 305 Å². The minimum atomic E-state index is -1.55. The van der Waals surface area contributed by atoms with Crippen molar-refractivity contribution < 1.29 is 58.7 Å². The van der Waals surface area contributed by atoms with Gasteiger partial charge in [0.25, 0.3) is 0 Å². The maximum Gasteiger partial charge on any atom is 0.410 e. The van der Waals surface area contributed by atoms with Crippen molar-refractivity contribution >= 4 is 35.9 Å². The number of carbonyl (C=O) groups is 6. The molecule has 0 spiro atoms. The third-order valence-corrected chi connectivity index (χ3v) is 9.93. The summed E-state index contributed by atoms with van der Waals surface area (Å²) in [5.41, 5.74) is 3.97. The van der Waals surface area contributed by atoms with Crippen LogP contribution in [0.4, 0.5) is 4.79 Å². The predicted octanol–water partition coefficient (Wildman–Crippen LogP) is 0.480. The van der Waals surface area contributed by atoms with Gasteiger partial charge in [-0.1, -0.05) is 48.5 Å². The number of rotatable bonds is 11. The van der Waals surface area contributed by atoms with Crippen molar-refractivity contribution in [3.05, 3.63) is 59.7 Å². The maximum absolute atomic E-state index is 13.8. The second-order valence-corrected chi connectivity index (χ2v) is 13.4. The number of aliphatic carboxylic acids is 4. The number of ether oxygens (including phenoxy) is 2. The molecule has 4 N–H and O–H groups in total. The average molecular weight is 740 g/mol. The molecule has 0 aromatic heterocycles. The lowest BCUT2D eigenvalue weighted by Gasteiger charge is -2.38. The maximum atomic E-state index is 13.8. The predicted molar refractivity (Wildman–Crippen MR) is 186 cm³/mol. The molecule has 2 aromatic carbocycles. The Morgan fingerprint density at radius 2 is 1.09 bits per heavy atom. The summed E-state index contributed by atoms with van der Waals surface area (Å²) >= 11 is 0. The molecule has 2 saturated heterocycles. The quantitative estimate of drug-likeness (QED) is 0.231. The molecule has 2 fully saturated rings. The molecule has 5 rings (SSSR count). The number of likely N-dealkylation sites (tertiary alicyclic amines) is 1. The highest BCUT2D eigenvalue weighted by molar-refractivity contribution is 5.83. The van der Waals surface area contributed by atoms with E-state index in [1.165, 1.54) is 6.92 Å². The molecule has 3 aliphatic rings. The van der Waals surface area contributed by atoms with Crippen LogP contribution in [-0.4, -0.2) is 184 Å². The summed E-state index contributed by atoms with van der Waals surface area (Å²) in [5, 5.41) is 39.3. The van der Waals surface area contributed by atoms with E-state index in [0.29, 0.717) is 0 Å². The third kappa shape index (κ3) is 9.87. The van der Waals surface area contributed by atoms with E-state index in [-0.39, 0.29) is 91.1 Å². The minimum absolute atomic E-state index is 0.0534. The van der Waals surface area contributed by atoms with Crippen LogP contribution in [0.1, 0.15) is 24.0 Å². The van der Waals surface area contributed by atoms with Crippen LogP contribution in [0, 0.1) is 0 Å². The summed E-state index contributed by atoms with van der Waals surface area (Å²) in [5.74, 6) is -5.70. The zero-order chi connectivity index (χ0) is 38.2. The molecule has 1 amide bonds. The standard InChI is InChI=1S/C36H45N5O12/c1-23(42)53-29-18-41(36(51)52-22-28-26-8-4-2-6-24(26)25-7-3-5-9-27(25)28)34(35(49)50)33(29)40-16-14-38(20-31(45)46)12-10-37(19-30(43)44)11-13-39(15-17-40)21-32(47)48/h2-9,28-29,33-34H,10-22H2,1H3,(H,43,44)(H,45,46)(H,47,48)(H,49,50)/t29-,33?,34-/m0/s1. The monoisotopic (exact) mass is 739 g/mol. The molecular weight excluding hydrogens is 694 g/mol. The van der Waals surface area contributed by atoms with Gasteiger partial charge in [0.15, 0.2) is 6.04 Å². The van der Waals surface area contributed by atoms with Gasteiger partial charge in [-0.05, 0) is 22.3 Å². The van der Waals surface area contributed by atoms with Gasteiger partial charge in [-0.25, -0.2) is 9.59 Å². The summed E-state index contributed by atoms with van der Waals surface area (Å²) in [4.78, 5) is 81.9. The molecule has 0 saturated carbocycles. The normalized spacial score (nSPS) is 22.2. The Balaban J connectivity index is 1.41. The number of hydrogen-bond acceptors (Lipinski definition) is 12. The Morgan fingerprint density at radius 1 is 0.660 bits per heavy atom. The average Bonchev–Trinajstić information content (AvgIpc) is 3.62. The van der Waals surface area contributed by atoms with Gasteiger partial charge in [-0.2, -0.15) is 0 Å². The van der Waals surface area contributed by atoms with Crippen LogP contribution in [0.25, 0.3) is 11.1 Å². The van der Waals surface area contributed by atoms with Crippen LogP contribution in [0.3, 0.4) is 0 Å². The Morgan fingerprint density at radius 3 is 1.51 bits per heavy atom. The van der Waals surface area contributed by atoms with Crippen molar-refractivity contribution in [2.24, 2.45) is 0 Å². The number of fused-ring (bicyclic) bond motifs is 3. The van der Waals surface area contributed by atoms with Gasteiger partial charge >= 0.3 is 35.9 Å². The number of carboxylic acids is 4. The van der Waals surface area contributed by atoms with E-state index < -0.39 is 54.1 Å². The second kappa shape index (κ2) is 17.6. The van der Waals surface area contributed by atoms with Crippen LogP contribution in [-0.2, 0) is 33.4 Å². The van der Waals surface area contributed by atoms with Crippen LogP contribution in [0.2, 0.25) is 0 Å². The first-order chi connectivity index (χ1) is 25.3. The number of carboxylic acid groups (broad SMARTS) is 4. The fraction of sp³-hybridized carbons (Fsp3) is 0.500. The van der Waals surface area contributed by atoms with Crippen molar-refractivity contribution in [3.63, 3.8) is 0 Å². The van der Waals surface area contributed by atoms with Crippen LogP contribution in [0.5, 0.6) is 0 Å². The molecule has 286 valence electrons. The second-order valence-electron chi connectivity index (χ2n) is 13.4. The van der Waals surface area contributed by atoms with E-state index in [2.05, 4.69) is 0 Å². The van der Waals surface area contributed by atoms with Gasteiger partial charge in [-0.3, -0.25) is 43.7 Å². The highest BCUT2D eigenvalue weighted by Gasteiger charge is 2.53. The van der Waals surface area contributed by atoms with E-state index in [1.807, 2.05) is 48.5 Å². The van der Waals surface area contributed by atoms with Crippen LogP contribution >= 0.6 is 0 Å². The summed E-state index contributed by atoms with van der Waals surface area (Å²) in [7, 11) is 0. The fourth-order valence-corrected chi connectivity index (χ4v) is 7.60. The smallest absolute Gasteiger partial charge is 0.410 e. The topological polar surface area (TPSA) is 218 Å². The molecule has 17 heteroatoms. The highest BCUT2D eigenvalue weighted by atomic mass is 16.6. The first-order valence-electron chi connectivity index (χ1n) is 17.4. The van der Waals surface area contributed by atoms with E-state index in [9.17, 15) is 49.2 Å². The van der Waals surface area contributed by atoms with Gasteiger partial charge in [0.05, 0.1) is 32.2 Å². The largest absolute Gasteiger partial charge is 0.480 e. The van der Waals surface area contributed by atoms with E-state index in [1.54, 1.807) is 19.6 Å². The molecule has 53 heavy (non-hydrogen) atoms. The lowest BCUT2D eigenvalue weighted by atomic mass is 9.98. The van der Waals surface area contributed by atoms with Crippen molar-refractivity contribution in [3.8, 4) is 11.1 Å². The first-order valence-corrected chi connectivity index (χ1v) is 17.4. The minimum Gasteiger partial charge on any atom is -0.480 e. The molecule has 2 aliphatic heterocycles. The van der Waals surface area contributed by atoms with Crippen molar-refractivity contribution in [1.82, 2.24) is 24.5 Å². The van der Waals surface area contributed by atoms with Gasteiger partial charge in [0.1, 0.15) is 12.7 Å². The SMILES string of the molecule is CC(=O)O[C@H]1CN(C(=O)OCC2c3ccccc3-c3ccccc32)[C@H](C(=O)O)C1N1CCN(CC(=O)O)CCN(CC(=O)O)CCN(CC(=O)O)CC1. The van der Waals surface area contributed by atoms with Crippen molar-refractivity contribution in [2.45, 2.75) is 31.0 Å². The van der Waals surface area contributed by atoms with E-state index in [4.69, 9.17) is 9.47 Å². The first kappa shape index (κ1) is 39.1. The number of benzene rings is 2. The Bertz CT molecular complexity index is 1610. The number of amides is 1. The molecule has 0 radical (unpaired) electrons. The summed E-state index contributed by atoms with van der Waals surface area (Å²) < 4.78 is 11.5. The van der Waals surface area contributed by atoms with E-state index >= 15 is 0 Å². The van der Waals surface area contributed by atoms with Gasteiger partial charge in [0.2, 0.25) is 0 Å². The molecule has 17 nitrogen and oxygen atoms in total. The lowest BCUT2D eigenvalue weighted by Crippen LogP contribution is -2.57. The Hall–Kier alpha value is -5.10. The summed E-state index contributed by atoms with van der Waals surface area (Å²) in [6.07, 6.45) is -2.03. The third-order valence-electron chi connectivity index (χ3n) is 9.93. The van der Waals surface area contributed by atoms with Crippen molar-refractivity contribution in [1.29, 1.82) is 0 Å². The molecule has 2 aromatic rings. The molecule has 2 heterocycles.